The monoisotopic (exact) mass is 287 g/mol. The minimum Gasteiger partial charge on any atom is -0.480 e. The first kappa shape index (κ1) is 15.3. The minimum atomic E-state index is -0.493. The normalized spacial score (nSPS) is 12.1. The van der Waals surface area contributed by atoms with Crippen LogP contribution in [0.1, 0.15) is 13.3 Å². The molecule has 0 unspecified atom stereocenters. The van der Waals surface area contributed by atoms with Crippen molar-refractivity contribution >= 4 is 16.7 Å². The van der Waals surface area contributed by atoms with Crippen LogP contribution in [0.3, 0.4) is 0 Å². The van der Waals surface area contributed by atoms with Crippen LogP contribution in [0.5, 0.6) is 5.75 Å². The molecule has 4 heteroatoms. The zero-order valence-electron chi connectivity index (χ0n) is 12.5. The molecule has 0 aliphatic rings. The van der Waals surface area contributed by atoms with Crippen LogP contribution in [-0.2, 0) is 9.53 Å². The Morgan fingerprint density at radius 1 is 1.19 bits per heavy atom. The van der Waals surface area contributed by atoms with E-state index < -0.39 is 6.10 Å². The molecule has 112 valence electrons. The van der Waals surface area contributed by atoms with Gasteiger partial charge in [-0.1, -0.05) is 43.3 Å². The number of ether oxygens (including phenoxy) is 2. The van der Waals surface area contributed by atoms with Crippen LogP contribution in [0.4, 0.5) is 0 Å². The van der Waals surface area contributed by atoms with Gasteiger partial charge in [0.05, 0.1) is 6.61 Å². The van der Waals surface area contributed by atoms with Gasteiger partial charge in [-0.15, -0.1) is 0 Å². The molecule has 1 atom stereocenters. The Kier molecular flexibility index (Phi) is 5.58. The average Bonchev–Trinajstić information content (AvgIpc) is 2.52. The van der Waals surface area contributed by atoms with Crippen molar-refractivity contribution in [1.29, 1.82) is 0 Å². The summed E-state index contributed by atoms with van der Waals surface area (Å²) in [5.74, 6) is 0.629. The lowest BCUT2D eigenvalue weighted by Gasteiger charge is -2.18. The van der Waals surface area contributed by atoms with E-state index in [-0.39, 0.29) is 5.91 Å². The van der Waals surface area contributed by atoms with Crippen molar-refractivity contribution in [2.24, 2.45) is 0 Å². The van der Waals surface area contributed by atoms with Crippen molar-refractivity contribution in [1.82, 2.24) is 5.32 Å². The highest BCUT2D eigenvalue weighted by Gasteiger charge is 2.18. The fraction of sp³-hybridized carbons (Fsp3) is 0.353. The summed E-state index contributed by atoms with van der Waals surface area (Å²) in [6, 6.07) is 13.8. The summed E-state index contributed by atoms with van der Waals surface area (Å²) in [5, 5.41) is 4.93. The zero-order valence-corrected chi connectivity index (χ0v) is 12.5. The Morgan fingerprint density at radius 3 is 2.71 bits per heavy atom. The lowest BCUT2D eigenvalue weighted by atomic mass is 10.1. The van der Waals surface area contributed by atoms with E-state index in [0.29, 0.717) is 19.6 Å². The SMILES string of the molecule is CC[C@H](Oc1cccc2ccccc12)C(=O)NCCOC. The highest BCUT2D eigenvalue weighted by Crippen LogP contribution is 2.26. The predicted molar refractivity (Wildman–Crippen MR) is 83.5 cm³/mol. The molecule has 0 saturated carbocycles. The molecule has 0 bridgehead atoms. The van der Waals surface area contributed by atoms with Crippen molar-refractivity contribution in [3.8, 4) is 5.75 Å². The molecule has 0 heterocycles. The maximum Gasteiger partial charge on any atom is 0.261 e. The molecule has 0 aromatic heterocycles. The van der Waals surface area contributed by atoms with Crippen LogP contribution >= 0.6 is 0 Å². The third-order valence-electron chi connectivity index (χ3n) is 3.29. The molecule has 1 N–H and O–H groups in total. The minimum absolute atomic E-state index is 0.109. The second-order valence-electron chi connectivity index (χ2n) is 4.78. The molecular formula is C17H21NO3. The molecule has 2 rings (SSSR count). The lowest BCUT2D eigenvalue weighted by Crippen LogP contribution is -2.39. The van der Waals surface area contributed by atoms with Gasteiger partial charge in [-0.05, 0) is 17.9 Å². The molecule has 0 aliphatic carbocycles. The first-order chi connectivity index (χ1) is 10.3. The number of fused-ring (bicyclic) bond motifs is 1. The van der Waals surface area contributed by atoms with Gasteiger partial charge in [-0.2, -0.15) is 0 Å². The molecule has 0 spiro atoms. The van der Waals surface area contributed by atoms with E-state index in [9.17, 15) is 4.79 Å². The van der Waals surface area contributed by atoms with E-state index in [2.05, 4.69) is 5.32 Å². The summed E-state index contributed by atoms with van der Waals surface area (Å²) >= 11 is 0. The fourth-order valence-electron chi connectivity index (χ4n) is 2.16. The summed E-state index contributed by atoms with van der Waals surface area (Å²) in [7, 11) is 1.61. The number of carbonyl (C=O) groups excluding carboxylic acids is 1. The number of amides is 1. The van der Waals surface area contributed by atoms with E-state index in [0.717, 1.165) is 16.5 Å². The van der Waals surface area contributed by atoms with Crippen LogP contribution in [0.2, 0.25) is 0 Å². The van der Waals surface area contributed by atoms with Gasteiger partial charge in [0.1, 0.15) is 5.75 Å². The number of benzene rings is 2. The summed E-state index contributed by atoms with van der Waals surface area (Å²) < 4.78 is 10.8. The maximum absolute atomic E-state index is 12.1. The van der Waals surface area contributed by atoms with E-state index in [1.807, 2.05) is 49.4 Å². The van der Waals surface area contributed by atoms with Crippen molar-refractivity contribution in [2.45, 2.75) is 19.4 Å². The predicted octanol–water partition coefficient (Wildman–Crippen LogP) is 2.76. The Bertz CT molecular complexity index is 592. The number of rotatable bonds is 7. The third-order valence-corrected chi connectivity index (χ3v) is 3.29. The summed E-state index contributed by atoms with van der Waals surface area (Å²) in [4.78, 5) is 12.1. The van der Waals surface area contributed by atoms with Gasteiger partial charge in [0, 0.05) is 19.0 Å². The molecular weight excluding hydrogens is 266 g/mol. The van der Waals surface area contributed by atoms with Crippen molar-refractivity contribution < 1.29 is 14.3 Å². The molecule has 2 aromatic carbocycles. The Morgan fingerprint density at radius 2 is 1.95 bits per heavy atom. The van der Waals surface area contributed by atoms with Gasteiger partial charge in [-0.25, -0.2) is 0 Å². The fourth-order valence-corrected chi connectivity index (χ4v) is 2.16. The van der Waals surface area contributed by atoms with Crippen LogP contribution in [-0.4, -0.2) is 32.3 Å². The third kappa shape index (κ3) is 3.95. The quantitative estimate of drug-likeness (QED) is 0.797. The van der Waals surface area contributed by atoms with Crippen LogP contribution in [0, 0.1) is 0 Å². The van der Waals surface area contributed by atoms with E-state index in [1.165, 1.54) is 0 Å². The molecule has 2 aromatic rings. The van der Waals surface area contributed by atoms with Crippen molar-refractivity contribution in [3.63, 3.8) is 0 Å². The van der Waals surface area contributed by atoms with Gasteiger partial charge >= 0.3 is 0 Å². The molecule has 0 fully saturated rings. The first-order valence-corrected chi connectivity index (χ1v) is 7.17. The largest absolute Gasteiger partial charge is 0.480 e. The second kappa shape index (κ2) is 7.64. The molecule has 0 saturated heterocycles. The van der Waals surface area contributed by atoms with E-state index in [4.69, 9.17) is 9.47 Å². The summed E-state index contributed by atoms with van der Waals surface area (Å²) in [6.07, 6.45) is 0.120. The molecule has 0 aliphatic heterocycles. The van der Waals surface area contributed by atoms with Gasteiger partial charge in [0.2, 0.25) is 0 Å². The number of methoxy groups -OCH3 is 1. The van der Waals surface area contributed by atoms with Gasteiger partial charge in [0.15, 0.2) is 6.10 Å². The number of nitrogens with one attached hydrogen (secondary N) is 1. The van der Waals surface area contributed by atoms with Gasteiger partial charge < -0.3 is 14.8 Å². The van der Waals surface area contributed by atoms with Crippen LogP contribution < -0.4 is 10.1 Å². The topological polar surface area (TPSA) is 47.6 Å². The maximum atomic E-state index is 12.1. The zero-order chi connectivity index (χ0) is 15.1. The first-order valence-electron chi connectivity index (χ1n) is 7.17. The number of hydrogen-bond acceptors (Lipinski definition) is 3. The summed E-state index contributed by atoms with van der Waals surface area (Å²) in [6.45, 7) is 2.92. The Labute approximate surface area is 125 Å². The Balaban J connectivity index is 2.11. The standard InChI is InChI=1S/C17H21NO3/c1-3-15(17(19)18-11-12-20-2)21-16-10-6-8-13-7-4-5-9-14(13)16/h4-10,15H,3,11-12H2,1-2H3,(H,18,19)/t15-/m0/s1. The van der Waals surface area contributed by atoms with Crippen molar-refractivity contribution in [3.05, 3.63) is 42.5 Å². The summed E-state index contributed by atoms with van der Waals surface area (Å²) in [5.41, 5.74) is 0. The van der Waals surface area contributed by atoms with E-state index >= 15 is 0 Å². The lowest BCUT2D eigenvalue weighted by molar-refractivity contribution is -0.128. The van der Waals surface area contributed by atoms with Gasteiger partial charge in [0.25, 0.3) is 5.91 Å². The molecule has 1 amide bonds. The van der Waals surface area contributed by atoms with Crippen LogP contribution in [0.25, 0.3) is 10.8 Å². The Hall–Kier alpha value is -2.07. The van der Waals surface area contributed by atoms with Crippen LogP contribution in [0.15, 0.2) is 42.5 Å². The smallest absolute Gasteiger partial charge is 0.261 e. The van der Waals surface area contributed by atoms with Gasteiger partial charge in [-0.3, -0.25) is 4.79 Å². The molecule has 4 nitrogen and oxygen atoms in total. The average molecular weight is 287 g/mol. The molecule has 21 heavy (non-hydrogen) atoms. The second-order valence-corrected chi connectivity index (χ2v) is 4.78. The van der Waals surface area contributed by atoms with E-state index in [1.54, 1.807) is 7.11 Å². The van der Waals surface area contributed by atoms with Crippen molar-refractivity contribution in [2.75, 3.05) is 20.3 Å². The number of hydrogen-bond donors (Lipinski definition) is 1. The molecule has 0 radical (unpaired) electrons. The highest BCUT2D eigenvalue weighted by atomic mass is 16.5. The highest BCUT2D eigenvalue weighted by molar-refractivity contribution is 5.89. The number of carbonyl (C=O) groups is 1.